The van der Waals surface area contributed by atoms with E-state index in [1.807, 2.05) is 37.3 Å². The Morgan fingerprint density at radius 2 is 2.15 bits per heavy atom. The van der Waals surface area contributed by atoms with Crippen LogP contribution in [-0.2, 0) is 4.79 Å². The quantitative estimate of drug-likeness (QED) is 0.792. The summed E-state index contributed by atoms with van der Waals surface area (Å²) in [5, 5.41) is 16.1. The molecular formula is C15H23ClN2O2. The number of amides is 1. The van der Waals surface area contributed by atoms with Gasteiger partial charge in [0.1, 0.15) is 0 Å². The molecule has 1 heterocycles. The molecule has 1 fully saturated rings. The second-order valence-corrected chi connectivity index (χ2v) is 5.48. The highest BCUT2D eigenvalue weighted by atomic mass is 35.5. The minimum atomic E-state index is -0.648. The highest BCUT2D eigenvalue weighted by molar-refractivity contribution is 5.85. The van der Waals surface area contributed by atoms with E-state index >= 15 is 0 Å². The monoisotopic (exact) mass is 298 g/mol. The van der Waals surface area contributed by atoms with Crippen LogP contribution in [0.4, 0.5) is 0 Å². The molecule has 1 aromatic rings. The van der Waals surface area contributed by atoms with Crippen molar-refractivity contribution >= 4 is 18.3 Å². The number of piperidine rings is 1. The van der Waals surface area contributed by atoms with Crippen molar-refractivity contribution in [1.82, 2.24) is 10.6 Å². The van der Waals surface area contributed by atoms with Crippen LogP contribution in [0.15, 0.2) is 30.3 Å². The summed E-state index contributed by atoms with van der Waals surface area (Å²) in [6, 6.07) is 9.39. The number of rotatable bonds is 4. The van der Waals surface area contributed by atoms with Crippen molar-refractivity contribution in [1.29, 1.82) is 0 Å². The van der Waals surface area contributed by atoms with Crippen LogP contribution in [0, 0.1) is 5.41 Å². The number of nitrogens with one attached hydrogen (secondary N) is 2. The van der Waals surface area contributed by atoms with Gasteiger partial charge in [-0.1, -0.05) is 30.3 Å². The number of benzene rings is 1. The Kier molecular flexibility index (Phi) is 6.46. The summed E-state index contributed by atoms with van der Waals surface area (Å²) in [6.45, 7) is 3.93. The van der Waals surface area contributed by atoms with E-state index in [4.69, 9.17) is 0 Å². The third kappa shape index (κ3) is 4.20. The average molecular weight is 299 g/mol. The second-order valence-electron chi connectivity index (χ2n) is 5.48. The third-order valence-corrected chi connectivity index (χ3v) is 3.79. The van der Waals surface area contributed by atoms with Crippen molar-refractivity contribution in [3.63, 3.8) is 0 Å². The summed E-state index contributed by atoms with van der Waals surface area (Å²) >= 11 is 0. The molecule has 4 nitrogen and oxygen atoms in total. The molecule has 1 aliphatic rings. The van der Waals surface area contributed by atoms with Gasteiger partial charge in [0.25, 0.3) is 0 Å². The van der Waals surface area contributed by atoms with E-state index in [-0.39, 0.29) is 30.3 Å². The molecule has 2 atom stereocenters. The molecule has 0 bridgehead atoms. The van der Waals surface area contributed by atoms with Gasteiger partial charge in [-0.2, -0.15) is 0 Å². The van der Waals surface area contributed by atoms with Gasteiger partial charge in [-0.25, -0.2) is 0 Å². The van der Waals surface area contributed by atoms with Crippen molar-refractivity contribution in [2.45, 2.75) is 25.9 Å². The maximum Gasteiger partial charge on any atom is 0.227 e. The molecule has 0 spiro atoms. The molecule has 112 valence electrons. The molecule has 2 rings (SSSR count). The standard InChI is InChI=1S/C15H22N2O2.ClH/c1-15(8-5-9-16-11-15)14(19)17-10-13(18)12-6-3-2-4-7-12;/h2-4,6-7,13,16,18H,5,8-11H2,1H3,(H,17,19);1H. The lowest BCUT2D eigenvalue weighted by Crippen LogP contribution is -2.49. The summed E-state index contributed by atoms with van der Waals surface area (Å²) in [5.41, 5.74) is 0.476. The number of aliphatic hydroxyl groups excluding tert-OH is 1. The zero-order valence-corrected chi connectivity index (χ0v) is 12.6. The summed E-state index contributed by atoms with van der Waals surface area (Å²) in [6.07, 6.45) is 1.27. The Balaban J connectivity index is 0.00000200. The molecule has 2 unspecified atom stereocenters. The number of aliphatic hydroxyl groups is 1. The Bertz CT molecular complexity index is 419. The minimum absolute atomic E-state index is 0. The lowest BCUT2D eigenvalue weighted by Gasteiger charge is -2.32. The van der Waals surface area contributed by atoms with Crippen LogP contribution in [-0.4, -0.2) is 30.6 Å². The van der Waals surface area contributed by atoms with Crippen molar-refractivity contribution in [3.05, 3.63) is 35.9 Å². The fourth-order valence-corrected chi connectivity index (χ4v) is 2.45. The van der Waals surface area contributed by atoms with Crippen LogP contribution in [0.5, 0.6) is 0 Å². The average Bonchev–Trinajstić information content (AvgIpc) is 2.46. The SMILES string of the molecule is CC1(C(=O)NCC(O)c2ccccc2)CCCNC1.Cl. The maximum atomic E-state index is 12.2. The van der Waals surface area contributed by atoms with Crippen LogP contribution in [0.3, 0.4) is 0 Å². The van der Waals surface area contributed by atoms with Gasteiger partial charge in [0.2, 0.25) is 5.91 Å². The number of carbonyl (C=O) groups excluding carboxylic acids is 1. The van der Waals surface area contributed by atoms with Gasteiger partial charge in [-0.15, -0.1) is 12.4 Å². The molecule has 0 saturated carbocycles. The molecule has 20 heavy (non-hydrogen) atoms. The van der Waals surface area contributed by atoms with Crippen LogP contribution < -0.4 is 10.6 Å². The van der Waals surface area contributed by atoms with E-state index < -0.39 is 6.10 Å². The molecule has 1 saturated heterocycles. The van der Waals surface area contributed by atoms with E-state index in [0.29, 0.717) is 6.54 Å². The first-order valence-corrected chi connectivity index (χ1v) is 6.84. The first kappa shape index (κ1) is 17.0. The molecule has 1 aliphatic heterocycles. The molecular weight excluding hydrogens is 276 g/mol. The number of carbonyl (C=O) groups is 1. The second kappa shape index (κ2) is 7.62. The fraction of sp³-hybridized carbons (Fsp3) is 0.533. The van der Waals surface area contributed by atoms with Gasteiger partial charge in [0, 0.05) is 13.1 Å². The molecule has 5 heteroatoms. The summed E-state index contributed by atoms with van der Waals surface area (Å²) < 4.78 is 0. The van der Waals surface area contributed by atoms with Gasteiger partial charge in [0.15, 0.2) is 0 Å². The van der Waals surface area contributed by atoms with Crippen LogP contribution in [0.1, 0.15) is 31.4 Å². The molecule has 0 aliphatic carbocycles. The van der Waals surface area contributed by atoms with Crippen molar-refractivity contribution in [3.8, 4) is 0 Å². The van der Waals surface area contributed by atoms with Crippen LogP contribution in [0.25, 0.3) is 0 Å². The Labute approximate surface area is 126 Å². The Morgan fingerprint density at radius 1 is 1.45 bits per heavy atom. The lowest BCUT2D eigenvalue weighted by atomic mass is 9.82. The van der Waals surface area contributed by atoms with Gasteiger partial charge >= 0.3 is 0 Å². The zero-order valence-electron chi connectivity index (χ0n) is 11.8. The van der Waals surface area contributed by atoms with E-state index in [1.165, 1.54) is 0 Å². The maximum absolute atomic E-state index is 12.2. The highest BCUT2D eigenvalue weighted by Gasteiger charge is 2.34. The minimum Gasteiger partial charge on any atom is -0.387 e. The molecule has 1 aromatic carbocycles. The van der Waals surface area contributed by atoms with Gasteiger partial charge in [-0.05, 0) is 31.9 Å². The van der Waals surface area contributed by atoms with E-state index in [2.05, 4.69) is 10.6 Å². The molecule has 0 radical (unpaired) electrons. The number of hydrogen-bond acceptors (Lipinski definition) is 3. The van der Waals surface area contributed by atoms with Gasteiger partial charge in [-0.3, -0.25) is 4.79 Å². The summed E-state index contributed by atoms with van der Waals surface area (Å²) in [5.74, 6) is 0.0229. The van der Waals surface area contributed by atoms with Crippen molar-refractivity contribution in [2.24, 2.45) is 5.41 Å². The molecule has 0 aromatic heterocycles. The summed E-state index contributed by atoms with van der Waals surface area (Å²) in [4.78, 5) is 12.2. The van der Waals surface area contributed by atoms with Crippen LogP contribution in [0.2, 0.25) is 0 Å². The smallest absolute Gasteiger partial charge is 0.227 e. The normalized spacial score (nSPS) is 23.5. The topological polar surface area (TPSA) is 61.4 Å². The van der Waals surface area contributed by atoms with Crippen molar-refractivity contribution in [2.75, 3.05) is 19.6 Å². The predicted octanol–water partition coefficient (Wildman–Crippen LogP) is 1.65. The number of hydrogen-bond donors (Lipinski definition) is 3. The largest absolute Gasteiger partial charge is 0.387 e. The van der Waals surface area contributed by atoms with Gasteiger partial charge < -0.3 is 15.7 Å². The Hall–Kier alpha value is -1.10. The summed E-state index contributed by atoms with van der Waals surface area (Å²) in [7, 11) is 0. The van der Waals surface area contributed by atoms with Crippen molar-refractivity contribution < 1.29 is 9.90 Å². The number of halogens is 1. The first-order valence-electron chi connectivity index (χ1n) is 6.84. The fourth-order valence-electron chi connectivity index (χ4n) is 2.45. The van der Waals surface area contributed by atoms with E-state index in [9.17, 15) is 9.90 Å². The lowest BCUT2D eigenvalue weighted by molar-refractivity contribution is -0.131. The Morgan fingerprint density at radius 3 is 2.75 bits per heavy atom. The predicted molar refractivity (Wildman–Crippen MR) is 81.9 cm³/mol. The molecule has 1 amide bonds. The third-order valence-electron chi connectivity index (χ3n) is 3.79. The molecule has 3 N–H and O–H groups in total. The first-order chi connectivity index (χ1) is 9.12. The zero-order chi connectivity index (χ0) is 13.7. The van der Waals surface area contributed by atoms with Crippen LogP contribution >= 0.6 is 12.4 Å². The van der Waals surface area contributed by atoms with E-state index in [1.54, 1.807) is 0 Å². The highest BCUT2D eigenvalue weighted by Crippen LogP contribution is 2.25. The van der Waals surface area contributed by atoms with E-state index in [0.717, 1.165) is 24.9 Å². The van der Waals surface area contributed by atoms with Gasteiger partial charge in [0.05, 0.1) is 11.5 Å².